The van der Waals surface area contributed by atoms with Crippen LogP contribution in [-0.2, 0) is 6.42 Å². The Balaban J connectivity index is 1.97. The fourth-order valence-electron chi connectivity index (χ4n) is 1.73. The van der Waals surface area contributed by atoms with E-state index in [1.807, 2.05) is 19.2 Å². The molecule has 0 atom stereocenters. The molecule has 16 heavy (non-hydrogen) atoms. The molecule has 1 N–H and O–H groups in total. The van der Waals surface area contributed by atoms with E-state index >= 15 is 0 Å². The SMILES string of the molecule is CNCCc1ccc(OC2CCC2)c(Cl)c1. The van der Waals surface area contributed by atoms with Crippen LogP contribution in [-0.4, -0.2) is 19.7 Å². The van der Waals surface area contributed by atoms with Crippen LogP contribution in [0.2, 0.25) is 5.02 Å². The zero-order chi connectivity index (χ0) is 11.4. The van der Waals surface area contributed by atoms with E-state index in [1.165, 1.54) is 12.0 Å². The summed E-state index contributed by atoms with van der Waals surface area (Å²) in [6, 6.07) is 6.09. The van der Waals surface area contributed by atoms with Crippen molar-refractivity contribution in [3.63, 3.8) is 0 Å². The van der Waals surface area contributed by atoms with E-state index in [1.54, 1.807) is 0 Å². The van der Waals surface area contributed by atoms with Gasteiger partial charge in [0, 0.05) is 0 Å². The summed E-state index contributed by atoms with van der Waals surface area (Å²) in [5.74, 6) is 0.833. The minimum Gasteiger partial charge on any atom is -0.489 e. The molecule has 0 spiro atoms. The zero-order valence-corrected chi connectivity index (χ0v) is 10.4. The number of ether oxygens (including phenoxy) is 1. The van der Waals surface area contributed by atoms with Gasteiger partial charge in [-0.25, -0.2) is 0 Å². The molecular weight excluding hydrogens is 222 g/mol. The molecule has 0 unspecified atom stereocenters. The molecule has 0 bridgehead atoms. The maximum atomic E-state index is 6.19. The molecule has 1 aliphatic rings. The van der Waals surface area contributed by atoms with Crippen LogP contribution in [0.4, 0.5) is 0 Å². The normalized spacial score (nSPS) is 15.9. The Bertz CT molecular complexity index is 350. The van der Waals surface area contributed by atoms with Crippen LogP contribution in [0.5, 0.6) is 5.75 Å². The van der Waals surface area contributed by atoms with Crippen molar-refractivity contribution in [2.24, 2.45) is 0 Å². The van der Waals surface area contributed by atoms with Crippen molar-refractivity contribution in [2.75, 3.05) is 13.6 Å². The molecule has 1 aliphatic carbocycles. The van der Waals surface area contributed by atoms with Gasteiger partial charge in [0.1, 0.15) is 5.75 Å². The Morgan fingerprint density at radius 2 is 2.25 bits per heavy atom. The maximum absolute atomic E-state index is 6.19. The highest BCUT2D eigenvalue weighted by molar-refractivity contribution is 6.32. The molecule has 1 fully saturated rings. The molecule has 0 amide bonds. The topological polar surface area (TPSA) is 21.3 Å². The smallest absolute Gasteiger partial charge is 0.138 e. The van der Waals surface area contributed by atoms with E-state index in [9.17, 15) is 0 Å². The molecule has 1 saturated carbocycles. The predicted octanol–water partition coefficient (Wildman–Crippen LogP) is 3.03. The molecule has 0 aliphatic heterocycles. The third-order valence-corrected chi connectivity index (χ3v) is 3.30. The number of halogens is 1. The summed E-state index contributed by atoms with van der Waals surface area (Å²) < 4.78 is 5.79. The van der Waals surface area contributed by atoms with E-state index in [2.05, 4.69) is 11.4 Å². The molecular formula is C13H18ClNO. The van der Waals surface area contributed by atoms with Crippen molar-refractivity contribution in [1.29, 1.82) is 0 Å². The first-order valence-corrected chi connectivity index (χ1v) is 6.27. The Morgan fingerprint density at radius 3 is 2.81 bits per heavy atom. The highest BCUT2D eigenvalue weighted by atomic mass is 35.5. The average molecular weight is 240 g/mol. The van der Waals surface area contributed by atoms with Crippen molar-refractivity contribution in [1.82, 2.24) is 5.32 Å². The van der Waals surface area contributed by atoms with Crippen molar-refractivity contribution < 1.29 is 4.74 Å². The summed E-state index contributed by atoms with van der Waals surface area (Å²) in [6.07, 6.45) is 5.00. The van der Waals surface area contributed by atoms with Gasteiger partial charge in [-0.2, -0.15) is 0 Å². The fourth-order valence-corrected chi connectivity index (χ4v) is 1.98. The van der Waals surface area contributed by atoms with Crippen LogP contribution in [0.3, 0.4) is 0 Å². The predicted molar refractivity (Wildman–Crippen MR) is 67.3 cm³/mol. The number of hydrogen-bond acceptors (Lipinski definition) is 2. The molecule has 0 radical (unpaired) electrons. The molecule has 2 rings (SSSR count). The van der Waals surface area contributed by atoms with Crippen molar-refractivity contribution in [3.05, 3.63) is 28.8 Å². The fraction of sp³-hybridized carbons (Fsp3) is 0.538. The highest BCUT2D eigenvalue weighted by Crippen LogP contribution is 2.31. The zero-order valence-electron chi connectivity index (χ0n) is 9.63. The molecule has 3 heteroatoms. The van der Waals surface area contributed by atoms with Gasteiger partial charge in [0.2, 0.25) is 0 Å². The summed E-state index contributed by atoms with van der Waals surface area (Å²) in [5, 5.41) is 3.86. The van der Waals surface area contributed by atoms with E-state index in [4.69, 9.17) is 16.3 Å². The number of hydrogen-bond donors (Lipinski definition) is 1. The first-order chi connectivity index (χ1) is 7.79. The number of benzene rings is 1. The average Bonchev–Trinajstić information content (AvgIpc) is 2.22. The van der Waals surface area contributed by atoms with Crippen LogP contribution >= 0.6 is 11.6 Å². The number of likely N-dealkylation sites (N-methyl/N-ethyl adjacent to an activating group) is 1. The molecule has 0 heterocycles. The van der Waals surface area contributed by atoms with Gasteiger partial charge in [-0.05, 0) is 57.0 Å². The van der Waals surface area contributed by atoms with Gasteiger partial charge in [-0.3, -0.25) is 0 Å². The quantitative estimate of drug-likeness (QED) is 0.853. The Hall–Kier alpha value is -0.730. The van der Waals surface area contributed by atoms with Crippen molar-refractivity contribution in [3.8, 4) is 5.75 Å². The van der Waals surface area contributed by atoms with Gasteiger partial charge in [-0.15, -0.1) is 0 Å². The molecule has 2 nitrogen and oxygen atoms in total. The molecule has 0 aromatic heterocycles. The lowest BCUT2D eigenvalue weighted by Crippen LogP contribution is -2.24. The van der Waals surface area contributed by atoms with E-state index in [0.29, 0.717) is 6.10 Å². The standard InChI is InChI=1S/C13H18ClNO/c1-15-8-7-10-5-6-13(12(14)9-10)16-11-3-2-4-11/h5-6,9,11,15H,2-4,7-8H2,1H3. The lowest BCUT2D eigenvalue weighted by Gasteiger charge is -2.26. The summed E-state index contributed by atoms with van der Waals surface area (Å²) >= 11 is 6.19. The summed E-state index contributed by atoms with van der Waals surface area (Å²) in [6.45, 7) is 0.971. The lowest BCUT2D eigenvalue weighted by molar-refractivity contribution is 0.120. The van der Waals surface area contributed by atoms with Crippen LogP contribution in [0, 0.1) is 0 Å². The van der Waals surface area contributed by atoms with Gasteiger partial charge in [0.15, 0.2) is 0 Å². The Kier molecular flexibility index (Phi) is 4.08. The summed E-state index contributed by atoms with van der Waals surface area (Å²) in [7, 11) is 1.95. The summed E-state index contributed by atoms with van der Waals surface area (Å²) in [5.41, 5.74) is 1.25. The van der Waals surface area contributed by atoms with Gasteiger partial charge in [0.25, 0.3) is 0 Å². The first-order valence-electron chi connectivity index (χ1n) is 5.89. The number of rotatable bonds is 5. The minimum atomic E-state index is 0.389. The largest absolute Gasteiger partial charge is 0.489 e. The van der Waals surface area contributed by atoms with Gasteiger partial charge in [0.05, 0.1) is 11.1 Å². The Labute approximate surface area is 102 Å². The third-order valence-electron chi connectivity index (χ3n) is 3.01. The second kappa shape index (κ2) is 5.55. The van der Waals surface area contributed by atoms with Gasteiger partial charge in [-0.1, -0.05) is 17.7 Å². The van der Waals surface area contributed by atoms with E-state index in [0.717, 1.165) is 36.6 Å². The minimum absolute atomic E-state index is 0.389. The number of nitrogens with one attached hydrogen (secondary N) is 1. The lowest BCUT2D eigenvalue weighted by atomic mass is 9.96. The monoisotopic (exact) mass is 239 g/mol. The molecule has 1 aromatic rings. The van der Waals surface area contributed by atoms with Crippen molar-refractivity contribution in [2.45, 2.75) is 31.8 Å². The van der Waals surface area contributed by atoms with Crippen molar-refractivity contribution >= 4 is 11.6 Å². The van der Waals surface area contributed by atoms with E-state index in [-0.39, 0.29) is 0 Å². The van der Waals surface area contributed by atoms with Crippen LogP contribution in [0.25, 0.3) is 0 Å². The first kappa shape index (κ1) is 11.7. The molecule has 1 aromatic carbocycles. The maximum Gasteiger partial charge on any atom is 0.138 e. The van der Waals surface area contributed by atoms with Gasteiger partial charge < -0.3 is 10.1 Å². The van der Waals surface area contributed by atoms with Crippen LogP contribution < -0.4 is 10.1 Å². The summed E-state index contributed by atoms with van der Waals surface area (Å²) in [4.78, 5) is 0. The van der Waals surface area contributed by atoms with E-state index < -0.39 is 0 Å². The molecule has 88 valence electrons. The second-order valence-corrected chi connectivity index (χ2v) is 4.70. The molecule has 0 saturated heterocycles. The van der Waals surface area contributed by atoms with Crippen LogP contribution in [0.15, 0.2) is 18.2 Å². The Morgan fingerprint density at radius 1 is 1.44 bits per heavy atom. The van der Waals surface area contributed by atoms with Gasteiger partial charge >= 0.3 is 0 Å². The second-order valence-electron chi connectivity index (χ2n) is 4.29. The van der Waals surface area contributed by atoms with Crippen LogP contribution in [0.1, 0.15) is 24.8 Å². The highest BCUT2D eigenvalue weighted by Gasteiger charge is 2.20. The third kappa shape index (κ3) is 2.89.